The lowest BCUT2D eigenvalue weighted by atomic mass is 9.96. The Kier molecular flexibility index (Phi) is 6.04. The first-order valence-corrected chi connectivity index (χ1v) is 10.1. The first kappa shape index (κ1) is 17.9. The summed E-state index contributed by atoms with van der Waals surface area (Å²) in [6.07, 6.45) is 9.71. The molecule has 0 unspecified atom stereocenters. The minimum atomic E-state index is -0.365. The van der Waals surface area contributed by atoms with E-state index >= 15 is 0 Å². The molecule has 0 aromatic carbocycles. The number of carbonyl (C=O) groups excluding carboxylic acids is 2. The van der Waals surface area contributed by atoms with Crippen molar-refractivity contribution in [2.45, 2.75) is 38.5 Å². The van der Waals surface area contributed by atoms with Crippen molar-refractivity contribution in [2.24, 2.45) is 0 Å². The number of aryl methyl sites for hydroxylation is 1. The van der Waals surface area contributed by atoms with Gasteiger partial charge < -0.3 is 10.1 Å². The maximum absolute atomic E-state index is 12.3. The SMILES string of the molecule is COC(=O)c1c(NC(=O)C=Cc2cccs2)sc2c1CCCCCC2. The molecule has 1 aliphatic rings. The van der Waals surface area contributed by atoms with Crippen LogP contribution in [-0.4, -0.2) is 19.0 Å². The molecule has 0 saturated carbocycles. The molecule has 0 saturated heterocycles. The minimum Gasteiger partial charge on any atom is -0.465 e. The number of esters is 1. The van der Waals surface area contributed by atoms with Crippen LogP contribution in [0.2, 0.25) is 0 Å². The Morgan fingerprint density at radius 1 is 1.20 bits per heavy atom. The molecule has 25 heavy (non-hydrogen) atoms. The Bertz CT molecular complexity index is 775. The fourth-order valence-corrected chi connectivity index (χ4v) is 4.92. The smallest absolute Gasteiger partial charge is 0.341 e. The lowest BCUT2D eigenvalue weighted by Gasteiger charge is -2.10. The molecule has 1 N–H and O–H groups in total. The quantitative estimate of drug-likeness (QED) is 0.610. The third-order valence-corrected chi connectivity index (χ3v) is 6.28. The van der Waals surface area contributed by atoms with Crippen molar-refractivity contribution in [3.8, 4) is 0 Å². The number of ether oxygens (including phenoxy) is 1. The number of hydrogen-bond donors (Lipinski definition) is 1. The molecule has 6 heteroatoms. The molecule has 3 rings (SSSR count). The zero-order valence-electron chi connectivity index (χ0n) is 14.2. The highest BCUT2D eigenvalue weighted by Gasteiger charge is 2.25. The van der Waals surface area contributed by atoms with Crippen LogP contribution in [0.5, 0.6) is 0 Å². The highest BCUT2D eigenvalue weighted by Crippen LogP contribution is 2.37. The summed E-state index contributed by atoms with van der Waals surface area (Å²) in [6.45, 7) is 0. The van der Waals surface area contributed by atoms with E-state index in [1.54, 1.807) is 17.4 Å². The van der Waals surface area contributed by atoms with E-state index in [0.717, 1.165) is 36.1 Å². The van der Waals surface area contributed by atoms with Crippen molar-refractivity contribution < 1.29 is 14.3 Å². The average Bonchev–Trinajstić information content (AvgIpc) is 3.21. The van der Waals surface area contributed by atoms with Crippen molar-refractivity contribution in [2.75, 3.05) is 12.4 Å². The van der Waals surface area contributed by atoms with Crippen molar-refractivity contribution in [3.63, 3.8) is 0 Å². The summed E-state index contributed by atoms with van der Waals surface area (Å²) in [6, 6.07) is 3.89. The van der Waals surface area contributed by atoms with Gasteiger partial charge in [-0.2, -0.15) is 0 Å². The van der Waals surface area contributed by atoms with E-state index in [-0.39, 0.29) is 11.9 Å². The predicted octanol–water partition coefficient (Wildman–Crippen LogP) is 4.91. The van der Waals surface area contributed by atoms with Gasteiger partial charge in [0.1, 0.15) is 5.00 Å². The van der Waals surface area contributed by atoms with Crippen molar-refractivity contribution in [1.29, 1.82) is 0 Å². The van der Waals surface area contributed by atoms with Gasteiger partial charge in [0, 0.05) is 15.8 Å². The average molecular weight is 376 g/mol. The summed E-state index contributed by atoms with van der Waals surface area (Å²) in [4.78, 5) is 26.8. The second-order valence-corrected chi connectivity index (χ2v) is 8.04. The van der Waals surface area contributed by atoms with Crippen molar-refractivity contribution >= 4 is 45.6 Å². The lowest BCUT2D eigenvalue weighted by molar-refractivity contribution is -0.111. The first-order chi connectivity index (χ1) is 12.2. The molecule has 0 fully saturated rings. The third-order valence-electron chi connectivity index (χ3n) is 4.24. The molecule has 0 aliphatic heterocycles. The van der Waals surface area contributed by atoms with Crippen LogP contribution < -0.4 is 5.32 Å². The van der Waals surface area contributed by atoms with Crippen molar-refractivity contribution in [1.82, 2.24) is 0 Å². The maximum atomic E-state index is 12.3. The molecule has 2 heterocycles. The molecule has 0 radical (unpaired) electrons. The molecular weight excluding hydrogens is 354 g/mol. The van der Waals surface area contributed by atoms with Crippen LogP contribution in [-0.2, 0) is 22.4 Å². The number of thiophene rings is 2. The summed E-state index contributed by atoms with van der Waals surface area (Å²) >= 11 is 3.09. The van der Waals surface area contributed by atoms with E-state index in [2.05, 4.69) is 5.32 Å². The van der Waals surface area contributed by atoms with Crippen LogP contribution >= 0.6 is 22.7 Å². The Morgan fingerprint density at radius 3 is 2.72 bits per heavy atom. The van der Waals surface area contributed by atoms with Gasteiger partial charge in [0.2, 0.25) is 5.91 Å². The van der Waals surface area contributed by atoms with E-state index in [4.69, 9.17) is 4.74 Å². The normalized spacial score (nSPS) is 14.6. The van der Waals surface area contributed by atoms with Crippen LogP contribution in [0.1, 0.15) is 51.4 Å². The molecule has 1 amide bonds. The highest BCUT2D eigenvalue weighted by atomic mass is 32.1. The molecule has 132 valence electrons. The fourth-order valence-electron chi connectivity index (χ4n) is 3.02. The topological polar surface area (TPSA) is 55.4 Å². The molecule has 0 spiro atoms. The number of carbonyl (C=O) groups is 2. The minimum absolute atomic E-state index is 0.229. The monoisotopic (exact) mass is 375 g/mol. The number of amides is 1. The Balaban J connectivity index is 1.85. The Morgan fingerprint density at radius 2 is 2.00 bits per heavy atom. The molecule has 4 nitrogen and oxygen atoms in total. The molecule has 2 aromatic heterocycles. The van der Waals surface area contributed by atoms with E-state index in [0.29, 0.717) is 10.6 Å². The van der Waals surface area contributed by atoms with Crippen LogP contribution in [0.15, 0.2) is 23.6 Å². The van der Waals surface area contributed by atoms with Crippen LogP contribution in [0.4, 0.5) is 5.00 Å². The summed E-state index contributed by atoms with van der Waals surface area (Å²) in [5.74, 6) is -0.594. The van der Waals surface area contributed by atoms with E-state index in [9.17, 15) is 9.59 Å². The van der Waals surface area contributed by atoms with Gasteiger partial charge in [-0.05, 0) is 48.8 Å². The number of nitrogens with one attached hydrogen (secondary N) is 1. The van der Waals surface area contributed by atoms with E-state index in [1.165, 1.54) is 42.2 Å². The molecule has 2 aromatic rings. The van der Waals surface area contributed by atoms with E-state index < -0.39 is 0 Å². The summed E-state index contributed by atoms with van der Waals surface area (Å²) in [5, 5.41) is 5.46. The third kappa shape index (κ3) is 4.38. The number of fused-ring (bicyclic) bond motifs is 1. The van der Waals surface area contributed by atoms with Gasteiger partial charge in [0.15, 0.2) is 0 Å². The van der Waals surface area contributed by atoms with E-state index in [1.807, 2.05) is 17.5 Å². The fraction of sp³-hybridized carbons (Fsp3) is 0.368. The Hall–Kier alpha value is -1.92. The second-order valence-electron chi connectivity index (χ2n) is 5.95. The van der Waals surface area contributed by atoms with Gasteiger partial charge in [-0.1, -0.05) is 18.9 Å². The van der Waals surface area contributed by atoms with Gasteiger partial charge in [-0.3, -0.25) is 4.79 Å². The number of methoxy groups -OCH3 is 1. The standard InChI is InChI=1S/C19H21NO3S2/c1-23-19(22)17-14-8-4-2-3-5-9-15(14)25-18(17)20-16(21)11-10-13-7-6-12-24-13/h6-7,10-12H,2-5,8-9H2,1H3,(H,20,21). The zero-order valence-corrected chi connectivity index (χ0v) is 15.8. The van der Waals surface area contributed by atoms with Gasteiger partial charge in [-0.25, -0.2) is 4.79 Å². The van der Waals surface area contributed by atoms with Crippen LogP contribution in [0.3, 0.4) is 0 Å². The molecule has 1 aliphatic carbocycles. The van der Waals surface area contributed by atoms with Gasteiger partial charge >= 0.3 is 5.97 Å². The number of anilines is 1. The zero-order chi connectivity index (χ0) is 17.6. The lowest BCUT2D eigenvalue weighted by Crippen LogP contribution is -2.12. The molecular formula is C19H21NO3S2. The second kappa shape index (κ2) is 8.45. The largest absolute Gasteiger partial charge is 0.465 e. The Labute approximate surface area is 155 Å². The van der Waals surface area contributed by atoms with Gasteiger partial charge in [0.05, 0.1) is 12.7 Å². The highest BCUT2D eigenvalue weighted by molar-refractivity contribution is 7.17. The summed E-state index contributed by atoms with van der Waals surface area (Å²) < 4.78 is 4.97. The number of hydrogen-bond acceptors (Lipinski definition) is 5. The predicted molar refractivity (Wildman–Crippen MR) is 104 cm³/mol. The van der Waals surface area contributed by atoms with Gasteiger partial charge in [-0.15, -0.1) is 22.7 Å². The molecule has 0 bridgehead atoms. The number of rotatable bonds is 4. The maximum Gasteiger partial charge on any atom is 0.341 e. The van der Waals surface area contributed by atoms with Crippen LogP contribution in [0.25, 0.3) is 6.08 Å². The molecule has 0 atom stereocenters. The van der Waals surface area contributed by atoms with Gasteiger partial charge in [0.25, 0.3) is 0 Å². The summed E-state index contributed by atoms with van der Waals surface area (Å²) in [7, 11) is 1.39. The first-order valence-electron chi connectivity index (χ1n) is 8.44. The van der Waals surface area contributed by atoms with Crippen LogP contribution in [0, 0.1) is 0 Å². The van der Waals surface area contributed by atoms with Crippen molar-refractivity contribution in [3.05, 3.63) is 44.5 Å². The summed E-state index contributed by atoms with van der Waals surface area (Å²) in [5.41, 5.74) is 1.61.